The number of nitrogens with two attached hydrogens (primary N) is 1. The van der Waals surface area contributed by atoms with Gasteiger partial charge in [0.05, 0.1) is 6.04 Å². The van der Waals surface area contributed by atoms with E-state index in [1.54, 1.807) is 6.20 Å². The fourth-order valence-electron chi connectivity index (χ4n) is 2.00. The van der Waals surface area contributed by atoms with Crippen LogP contribution in [0.25, 0.3) is 0 Å². The molecule has 1 unspecified atom stereocenters. The summed E-state index contributed by atoms with van der Waals surface area (Å²) >= 11 is 0. The number of hydrogen-bond donors (Lipinski definition) is 2. The Hall–Kier alpha value is -1.87. The number of benzene rings is 1. The quantitative estimate of drug-likeness (QED) is 0.846. The average molecular weight is 241 g/mol. The molecule has 18 heavy (non-hydrogen) atoms. The van der Waals surface area contributed by atoms with Crippen LogP contribution in [0.3, 0.4) is 0 Å². The lowest BCUT2D eigenvalue weighted by Crippen LogP contribution is -2.24. The molecule has 0 radical (unpaired) electrons. The molecular weight excluding hydrogens is 222 g/mol. The zero-order valence-electron chi connectivity index (χ0n) is 10.6. The van der Waals surface area contributed by atoms with Crippen LogP contribution in [0.1, 0.15) is 30.5 Å². The first kappa shape index (κ1) is 12.6. The summed E-state index contributed by atoms with van der Waals surface area (Å²) in [5.41, 5.74) is 9.08. The van der Waals surface area contributed by atoms with E-state index in [1.165, 1.54) is 5.56 Å². The van der Waals surface area contributed by atoms with Gasteiger partial charge in [-0.15, -0.1) is 0 Å². The van der Waals surface area contributed by atoms with Crippen LogP contribution in [0.2, 0.25) is 0 Å². The fraction of sp³-hybridized carbons (Fsp3) is 0.267. The molecule has 0 saturated carbocycles. The van der Waals surface area contributed by atoms with Crippen molar-refractivity contribution in [1.29, 1.82) is 0 Å². The van der Waals surface area contributed by atoms with Crippen molar-refractivity contribution in [3.8, 4) is 0 Å². The summed E-state index contributed by atoms with van der Waals surface area (Å²) < 4.78 is 0. The van der Waals surface area contributed by atoms with Crippen LogP contribution >= 0.6 is 0 Å². The molecule has 3 nitrogen and oxygen atoms in total. The number of pyridine rings is 1. The molecule has 1 atom stereocenters. The lowest BCUT2D eigenvalue weighted by atomic mass is 9.99. The number of hydrogen-bond acceptors (Lipinski definition) is 3. The van der Waals surface area contributed by atoms with Crippen molar-refractivity contribution >= 4 is 5.69 Å². The Morgan fingerprint density at radius 1 is 1.22 bits per heavy atom. The van der Waals surface area contributed by atoms with Gasteiger partial charge in [-0.05, 0) is 24.6 Å². The molecule has 3 heteroatoms. The first-order valence-corrected chi connectivity index (χ1v) is 6.30. The second kappa shape index (κ2) is 6.17. The minimum Gasteiger partial charge on any atom is -0.398 e. The largest absolute Gasteiger partial charge is 0.398 e. The van der Waals surface area contributed by atoms with Crippen LogP contribution < -0.4 is 11.1 Å². The second-order valence-electron chi connectivity index (χ2n) is 4.30. The van der Waals surface area contributed by atoms with Gasteiger partial charge in [0, 0.05) is 23.6 Å². The summed E-state index contributed by atoms with van der Waals surface area (Å²) in [6, 6.07) is 12.3. The Bertz CT molecular complexity index is 482. The Morgan fingerprint density at radius 3 is 2.67 bits per heavy atom. The minimum absolute atomic E-state index is 0.111. The van der Waals surface area contributed by atoms with E-state index in [0.29, 0.717) is 0 Å². The highest BCUT2D eigenvalue weighted by atomic mass is 14.9. The van der Waals surface area contributed by atoms with Gasteiger partial charge < -0.3 is 11.1 Å². The first-order chi connectivity index (χ1) is 8.83. The molecule has 2 rings (SSSR count). The molecule has 1 heterocycles. The Balaban J connectivity index is 2.34. The highest BCUT2D eigenvalue weighted by Gasteiger charge is 2.15. The van der Waals surface area contributed by atoms with E-state index in [0.717, 1.165) is 24.2 Å². The lowest BCUT2D eigenvalue weighted by Gasteiger charge is -2.20. The molecule has 0 bridgehead atoms. The molecule has 1 aromatic carbocycles. The first-order valence-electron chi connectivity index (χ1n) is 6.30. The van der Waals surface area contributed by atoms with Crippen LogP contribution in [0.15, 0.2) is 48.8 Å². The number of anilines is 1. The Labute approximate surface area is 108 Å². The predicted octanol–water partition coefficient (Wildman–Crippen LogP) is 2.75. The molecule has 0 saturated heterocycles. The predicted molar refractivity (Wildman–Crippen MR) is 75.2 cm³/mol. The van der Waals surface area contributed by atoms with Gasteiger partial charge in [-0.3, -0.25) is 4.98 Å². The highest BCUT2D eigenvalue weighted by Crippen LogP contribution is 2.25. The van der Waals surface area contributed by atoms with Gasteiger partial charge in [-0.1, -0.05) is 37.3 Å². The lowest BCUT2D eigenvalue weighted by molar-refractivity contribution is 0.598. The van der Waals surface area contributed by atoms with Crippen LogP contribution in [0.4, 0.5) is 5.69 Å². The van der Waals surface area contributed by atoms with E-state index < -0.39 is 0 Å². The van der Waals surface area contributed by atoms with Crippen molar-refractivity contribution in [2.24, 2.45) is 0 Å². The van der Waals surface area contributed by atoms with E-state index in [-0.39, 0.29) is 6.04 Å². The van der Waals surface area contributed by atoms with E-state index in [1.807, 2.05) is 30.5 Å². The minimum atomic E-state index is 0.111. The third kappa shape index (κ3) is 2.87. The van der Waals surface area contributed by atoms with Crippen molar-refractivity contribution in [2.45, 2.75) is 19.4 Å². The van der Waals surface area contributed by atoms with Gasteiger partial charge in [-0.2, -0.15) is 0 Å². The molecule has 0 amide bonds. The average Bonchev–Trinajstić information content (AvgIpc) is 2.42. The number of nitrogens with one attached hydrogen (secondary N) is 1. The van der Waals surface area contributed by atoms with Crippen LogP contribution in [0, 0.1) is 0 Å². The monoisotopic (exact) mass is 241 g/mol. The van der Waals surface area contributed by atoms with Gasteiger partial charge >= 0.3 is 0 Å². The maximum absolute atomic E-state index is 6.05. The number of nitrogens with zero attached hydrogens (tertiary/aromatic N) is 1. The zero-order chi connectivity index (χ0) is 12.8. The van der Waals surface area contributed by atoms with Gasteiger partial charge in [-0.25, -0.2) is 0 Å². The summed E-state index contributed by atoms with van der Waals surface area (Å²) in [5.74, 6) is 0. The van der Waals surface area contributed by atoms with Crippen molar-refractivity contribution in [3.63, 3.8) is 0 Å². The smallest absolute Gasteiger partial charge is 0.0612 e. The molecule has 0 aliphatic heterocycles. The maximum Gasteiger partial charge on any atom is 0.0612 e. The van der Waals surface area contributed by atoms with Crippen LogP contribution in [-0.2, 0) is 0 Å². The highest BCUT2D eigenvalue weighted by molar-refractivity contribution is 5.49. The molecule has 2 aromatic rings. The van der Waals surface area contributed by atoms with Crippen molar-refractivity contribution in [2.75, 3.05) is 12.3 Å². The summed E-state index contributed by atoms with van der Waals surface area (Å²) in [6.07, 6.45) is 4.65. The Morgan fingerprint density at radius 2 is 2.00 bits per heavy atom. The third-order valence-corrected chi connectivity index (χ3v) is 2.93. The SMILES string of the molecule is CCCNC(c1ccccc1)c1cnccc1N. The maximum atomic E-state index is 6.05. The molecule has 0 aliphatic carbocycles. The molecule has 1 aromatic heterocycles. The second-order valence-corrected chi connectivity index (χ2v) is 4.30. The summed E-state index contributed by atoms with van der Waals surface area (Å²) in [5, 5.41) is 3.52. The van der Waals surface area contributed by atoms with E-state index in [4.69, 9.17) is 5.73 Å². The summed E-state index contributed by atoms with van der Waals surface area (Å²) in [6.45, 7) is 3.11. The van der Waals surface area contributed by atoms with Crippen molar-refractivity contribution < 1.29 is 0 Å². The third-order valence-electron chi connectivity index (χ3n) is 2.93. The number of aromatic nitrogens is 1. The fourth-order valence-corrected chi connectivity index (χ4v) is 2.00. The number of nitrogen functional groups attached to an aromatic ring is 1. The summed E-state index contributed by atoms with van der Waals surface area (Å²) in [7, 11) is 0. The molecule has 94 valence electrons. The summed E-state index contributed by atoms with van der Waals surface area (Å²) in [4.78, 5) is 4.18. The topological polar surface area (TPSA) is 50.9 Å². The molecule has 3 N–H and O–H groups in total. The van der Waals surface area contributed by atoms with Crippen LogP contribution in [0.5, 0.6) is 0 Å². The number of rotatable bonds is 5. The zero-order valence-corrected chi connectivity index (χ0v) is 10.6. The van der Waals surface area contributed by atoms with E-state index in [2.05, 4.69) is 29.4 Å². The standard InChI is InChI=1S/C15H19N3/c1-2-9-18-15(12-6-4-3-5-7-12)13-11-17-10-8-14(13)16/h3-8,10-11,15,18H,2,9H2,1H3,(H2,16,17). The van der Waals surface area contributed by atoms with Gasteiger partial charge in [0.1, 0.15) is 0 Å². The molecule has 0 spiro atoms. The van der Waals surface area contributed by atoms with Gasteiger partial charge in [0.25, 0.3) is 0 Å². The molecular formula is C15H19N3. The van der Waals surface area contributed by atoms with Crippen LogP contribution in [-0.4, -0.2) is 11.5 Å². The molecule has 0 aliphatic rings. The van der Waals surface area contributed by atoms with Gasteiger partial charge in [0.2, 0.25) is 0 Å². The molecule has 0 fully saturated rings. The van der Waals surface area contributed by atoms with Crippen molar-refractivity contribution in [3.05, 3.63) is 59.9 Å². The van der Waals surface area contributed by atoms with Crippen molar-refractivity contribution in [1.82, 2.24) is 10.3 Å². The Kier molecular flexibility index (Phi) is 4.31. The van der Waals surface area contributed by atoms with E-state index in [9.17, 15) is 0 Å². The van der Waals surface area contributed by atoms with E-state index >= 15 is 0 Å². The van der Waals surface area contributed by atoms with Gasteiger partial charge in [0.15, 0.2) is 0 Å². The normalized spacial score (nSPS) is 12.3.